The largest absolute Gasteiger partial charge is 0.488 e. The van der Waals surface area contributed by atoms with E-state index in [0.29, 0.717) is 31.0 Å². The Balaban J connectivity index is 2.07. The Labute approximate surface area is 136 Å². The summed E-state index contributed by atoms with van der Waals surface area (Å²) in [6, 6.07) is 7.16. The van der Waals surface area contributed by atoms with Crippen molar-refractivity contribution in [3.8, 4) is 5.75 Å². The van der Waals surface area contributed by atoms with Crippen LogP contribution in [0, 0.1) is 19.8 Å². The molecule has 1 amide bonds. The number of carbonyl (C=O) groups is 1. The average molecular weight is 317 g/mol. The number of para-hydroxylation sites is 1. The molecule has 0 aliphatic rings. The van der Waals surface area contributed by atoms with E-state index in [-0.39, 0.29) is 11.8 Å². The van der Waals surface area contributed by atoms with Crippen molar-refractivity contribution in [2.75, 3.05) is 13.1 Å². The van der Waals surface area contributed by atoms with Gasteiger partial charge in [-0.15, -0.1) is 0 Å². The normalized spacial score (nSPS) is 12.0. The summed E-state index contributed by atoms with van der Waals surface area (Å²) < 4.78 is 10.9. The van der Waals surface area contributed by atoms with Gasteiger partial charge in [-0.3, -0.25) is 4.79 Å². The highest BCUT2D eigenvalue weighted by Crippen LogP contribution is 2.21. The summed E-state index contributed by atoms with van der Waals surface area (Å²) in [5.74, 6) is 1.32. The van der Waals surface area contributed by atoms with E-state index in [0.717, 1.165) is 17.0 Å². The van der Waals surface area contributed by atoms with Gasteiger partial charge < -0.3 is 20.3 Å². The molecule has 0 bridgehead atoms. The first-order valence-corrected chi connectivity index (χ1v) is 7.64. The van der Waals surface area contributed by atoms with Gasteiger partial charge in [0.15, 0.2) is 0 Å². The quantitative estimate of drug-likeness (QED) is 0.817. The van der Waals surface area contributed by atoms with Gasteiger partial charge in [-0.25, -0.2) is 0 Å². The molecule has 0 radical (unpaired) electrons. The second kappa shape index (κ2) is 7.78. The van der Waals surface area contributed by atoms with Crippen LogP contribution in [0.4, 0.5) is 0 Å². The van der Waals surface area contributed by atoms with Gasteiger partial charge in [0.25, 0.3) is 5.91 Å². The number of aryl methyl sites for hydroxylation is 2. The molecule has 0 saturated carbocycles. The Morgan fingerprint density at radius 2 is 2.13 bits per heavy atom. The SMILES string of the molecule is Cc1noc(C)c1COc1ccccc1C(=O)NCC(C)CN. The number of aromatic nitrogens is 1. The van der Waals surface area contributed by atoms with Crippen LogP contribution >= 0.6 is 0 Å². The van der Waals surface area contributed by atoms with Crippen LogP contribution in [0.15, 0.2) is 28.8 Å². The van der Waals surface area contributed by atoms with Gasteiger partial charge in [-0.05, 0) is 38.4 Å². The van der Waals surface area contributed by atoms with Gasteiger partial charge in [0, 0.05) is 6.54 Å². The van der Waals surface area contributed by atoms with E-state index in [4.69, 9.17) is 15.0 Å². The maximum atomic E-state index is 12.3. The molecule has 1 heterocycles. The molecule has 124 valence electrons. The maximum absolute atomic E-state index is 12.3. The van der Waals surface area contributed by atoms with Crippen LogP contribution in [0.3, 0.4) is 0 Å². The summed E-state index contributed by atoms with van der Waals surface area (Å²) >= 11 is 0. The van der Waals surface area contributed by atoms with Crippen LogP contribution in [-0.2, 0) is 6.61 Å². The van der Waals surface area contributed by atoms with E-state index in [2.05, 4.69) is 10.5 Å². The van der Waals surface area contributed by atoms with Crippen LogP contribution in [0.25, 0.3) is 0 Å². The minimum atomic E-state index is -0.167. The molecule has 0 aliphatic carbocycles. The van der Waals surface area contributed by atoms with E-state index in [1.54, 1.807) is 12.1 Å². The summed E-state index contributed by atoms with van der Waals surface area (Å²) in [6.45, 7) is 7.07. The Hall–Kier alpha value is -2.34. The van der Waals surface area contributed by atoms with Crippen LogP contribution in [-0.4, -0.2) is 24.2 Å². The van der Waals surface area contributed by atoms with Crippen molar-refractivity contribution >= 4 is 5.91 Å². The molecule has 0 fully saturated rings. The van der Waals surface area contributed by atoms with Gasteiger partial charge in [0.2, 0.25) is 0 Å². The van der Waals surface area contributed by atoms with E-state index in [1.165, 1.54) is 0 Å². The lowest BCUT2D eigenvalue weighted by atomic mass is 10.1. The lowest BCUT2D eigenvalue weighted by molar-refractivity contribution is 0.0944. The van der Waals surface area contributed by atoms with E-state index in [9.17, 15) is 4.79 Å². The van der Waals surface area contributed by atoms with Gasteiger partial charge in [-0.2, -0.15) is 0 Å². The fraction of sp³-hybridized carbons (Fsp3) is 0.412. The zero-order chi connectivity index (χ0) is 16.8. The second-order valence-electron chi connectivity index (χ2n) is 5.64. The van der Waals surface area contributed by atoms with Crippen molar-refractivity contribution in [1.29, 1.82) is 0 Å². The molecular formula is C17H23N3O3. The summed E-state index contributed by atoms with van der Waals surface area (Å²) in [6.07, 6.45) is 0. The number of amides is 1. The molecule has 0 spiro atoms. The third-order valence-electron chi connectivity index (χ3n) is 3.70. The van der Waals surface area contributed by atoms with Crippen molar-refractivity contribution in [2.45, 2.75) is 27.4 Å². The predicted octanol–water partition coefficient (Wildman–Crippen LogP) is 2.20. The standard InChI is InChI=1S/C17H23N3O3/c1-11(8-18)9-19-17(21)14-6-4-5-7-16(14)22-10-15-12(2)20-23-13(15)3/h4-7,11H,8-10,18H2,1-3H3,(H,19,21). The maximum Gasteiger partial charge on any atom is 0.255 e. The third kappa shape index (κ3) is 4.32. The average Bonchev–Trinajstić information content (AvgIpc) is 2.89. The van der Waals surface area contributed by atoms with Gasteiger partial charge in [0.1, 0.15) is 18.1 Å². The van der Waals surface area contributed by atoms with Crippen LogP contribution in [0.5, 0.6) is 5.75 Å². The molecule has 6 nitrogen and oxygen atoms in total. The van der Waals surface area contributed by atoms with Crippen LogP contribution in [0.1, 0.15) is 34.3 Å². The zero-order valence-corrected chi connectivity index (χ0v) is 13.8. The van der Waals surface area contributed by atoms with Crippen LogP contribution in [0.2, 0.25) is 0 Å². The first-order valence-electron chi connectivity index (χ1n) is 7.64. The number of hydrogen-bond donors (Lipinski definition) is 2. The Morgan fingerprint density at radius 3 is 2.78 bits per heavy atom. The van der Waals surface area contributed by atoms with Crippen molar-refractivity contribution in [3.05, 3.63) is 46.8 Å². The number of nitrogens with two attached hydrogens (primary N) is 1. The zero-order valence-electron chi connectivity index (χ0n) is 13.8. The fourth-order valence-corrected chi connectivity index (χ4v) is 2.08. The van der Waals surface area contributed by atoms with Gasteiger partial charge in [0.05, 0.1) is 16.8 Å². The fourth-order valence-electron chi connectivity index (χ4n) is 2.08. The summed E-state index contributed by atoms with van der Waals surface area (Å²) in [7, 11) is 0. The van der Waals surface area contributed by atoms with Crippen molar-refractivity contribution < 1.29 is 14.1 Å². The minimum absolute atomic E-state index is 0.167. The number of carbonyl (C=O) groups excluding carboxylic acids is 1. The lowest BCUT2D eigenvalue weighted by Gasteiger charge is -2.13. The van der Waals surface area contributed by atoms with E-state index >= 15 is 0 Å². The first kappa shape index (κ1) is 17.0. The molecule has 0 aliphatic heterocycles. The number of nitrogens with zero attached hydrogens (tertiary/aromatic N) is 1. The highest BCUT2D eigenvalue weighted by molar-refractivity contribution is 5.96. The molecule has 2 aromatic rings. The number of nitrogens with one attached hydrogen (secondary N) is 1. The van der Waals surface area contributed by atoms with Gasteiger partial charge >= 0.3 is 0 Å². The molecule has 1 aromatic heterocycles. The molecule has 6 heteroatoms. The molecule has 1 atom stereocenters. The summed E-state index contributed by atoms with van der Waals surface area (Å²) in [4.78, 5) is 12.3. The predicted molar refractivity (Wildman–Crippen MR) is 87.3 cm³/mol. The molecule has 1 unspecified atom stereocenters. The molecular weight excluding hydrogens is 294 g/mol. The minimum Gasteiger partial charge on any atom is -0.488 e. The van der Waals surface area contributed by atoms with Gasteiger partial charge in [-0.1, -0.05) is 24.2 Å². The number of ether oxygens (including phenoxy) is 1. The summed E-state index contributed by atoms with van der Waals surface area (Å²) in [5, 5.41) is 6.77. The smallest absolute Gasteiger partial charge is 0.255 e. The number of benzene rings is 1. The van der Waals surface area contributed by atoms with E-state index in [1.807, 2.05) is 32.9 Å². The highest BCUT2D eigenvalue weighted by Gasteiger charge is 2.15. The number of rotatable bonds is 7. The molecule has 2 rings (SSSR count). The Kier molecular flexibility index (Phi) is 5.76. The molecule has 3 N–H and O–H groups in total. The second-order valence-corrected chi connectivity index (χ2v) is 5.64. The lowest BCUT2D eigenvalue weighted by Crippen LogP contribution is -2.31. The highest BCUT2D eigenvalue weighted by atomic mass is 16.5. The topological polar surface area (TPSA) is 90.4 Å². The number of hydrogen-bond acceptors (Lipinski definition) is 5. The van der Waals surface area contributed by atoms with Crippen LogP contribution < -0.4 is 15.8 Å². The van der Waals surface area contributed by atoms with E-state index < -0.39 is 0 Å². The third-order valence-corrected chi connectivity index (χ3v) is 3.70. The monoisotopic (exact) mass is 317 g/mol. The Bertz CT molecular complexity index is 647. The van der Waals surface area contributed by atoms with Crippen molar-refractivity contribution in [3.63, 3.8) is 0 Å². The first-order chi connectivity index (χ1) is 11.0. The molecule has 0 saturated heterocycles. The van der Waals surface area contributed by atoms with Crippen molar-refractivity contribution in [1.82, 2.24) is 10.5 Å². The van der Waals surface area contributed by atoms with Crippen molar-refractivity contribution in [2.24, 2.45) is 11.7 Å². The molecule has 1 aromatic carbocycles. The molecule has 23 heavy (non-hydrogen) atoms. The Morgan fingerprint density at radius 1 is 1.39 bits per heavy atom. The summed E-state index contributed by atoms with van der Waals surface area (Å²) in [5.41, 5.74) is 7.76.